The molecular weight excluding hydrogens is 505 g/mol. The molecule has 0 spiro atoms. The van der Waals surface area contributed by atoms with Crippen LogP contribution in [0.1, 0.15) is 124 Å². The van der Waals surface area contributed by atoms with Crippen molar-refractivity contribution in [2.45, 2.75) is 109 Å². The maximum atomic E-state index is 15.7. The molecule has 2 aromatic carbocycles. The van der Waals surface area contributed by atoms with Crippen LogP contribution < -0.4 is 0 Å². The van der Waals surface area contributed by atoms with E-state index in [0.717, 1.165) is 31.1 Å². The van der Waals surface area contributed by atoms with Crippen molar-refractivity contribution in [1.82, 2.24) is 0 Å². The summed E-state index contributed by atoms with van der Waals surface area (Å²) in [7, 11) is 0. The number of benzene rings is 2. The van der Waals surface area contributed by atoms with Gasteiger partial charge in [-0.05, 0) is 110 Å². The molecule has 3 aliphatic carbocycles. The van der Waals surface area contributed by atoms with E-state index in [2.05, 4.69) is 6.92 Å². The summed E-state index contributed by atoms with van der Waals surface area (Å²) in [5, 5.41) is 8.90. The molecule has 0 aliphatic heterocycles. The molecule has 39 heavy (non-hydrogen) atoms. The maximum absolute atomic E-state index is 15.7. The Morgan fingerprint density at radius 2 is 1.28 bits per heavy atom. The van der Waals surface area contributed by atoms with Crippen LogP contribution >= 0.6 is 0 Å². The molecule has 0 saturated heterocycles. The predicted molar refractivity (Wildman–Crippen MR) is 142 cm³/mol. The lowest BCUT2D eigenvalue weighted by Gasteiger charge is -2.33. The van der Waals surface area contributed by atoms with Crippen LogP contribution in [0.5, 0.6) is 0 Å². The molecule has 0 N–H and O–H groups in total. The molecule has 2 saturated carbocycles. The van der Waals surface area contributed by atoms with E-state index in [0.29, 0.717) is 49.7 Å². The fourth-order valence-electron chi connectivity index (χ4n) is 7.64. The van der Waals surface area contributed by atoms with Crippen molar-refractivity contribution in [3.05, 3.63) is 69.0 Å². The third kappa shape index (κ3) is 5.74. The highest BCUT2D eigenvalue weighted by molar-refractivity contribution is 5.41. The number of rotatable bonds is 6. The molecule has 0 heterocycles. The molecule has 0 aromatic heterocycles. The monoisotopic (exact) mass is 543 g/mol. The molecule has 2 aromatic rings. The predicted octanol–water partition coefficient (Wildman–Crippen LogP) is 9.80. The van der Waals surface area contributed by atoms with Gasteiger partial charge in [-0.1, -0.05) is 45.4 Å². The molecule has 1 atom stereocenters. The standard InChI is InChI=1S/C33H38F5N/c1-2-19-3-5-20(6-4-19)7-8-21-9-14-25-26(15-21)32(37)33(38)30(31(25)36)23-12-10-22(11-13-23)24-16-28(34)27(18-39)29(35)17-24/h16-17,19-23H,2-15H2,1H3. The van der Waals surface area contributed by atoms with Crippen molar-refractivity contribution >= 4 is 0 Å². The Morgan fingerprint density at radius 3 is 1.90 bits per heavy atom. The zero-order chi connectivity index (χ0) is 27.7. The fraction of sp³-hybridized carbons (Fsp3) is 0.606. The van der Waals surface area contributed by atoms with E-state index in [-0.39, 0.29) is 23.0 Å². The van der Waals surface area contributed by atoms with Gasteiger partial charge >= 0.3 is 0 Å². The molecular formula is C33H38F5N. The number of hydrogen-bond acceptors (Lipinski definition) is 1. The van der Waals surface area contributed by atoms with Gasteiger partial charge in [0.05, 0.1) is 0 Å². The Hall–Kier alpha value is -2.42. The average Bonchev–Trinajstić information content (AvgIpc) is 2.95. The van der Waals surface area contributed by atoms with Crippen molar-refractivity contribution < 1.29 is 22.0 Å². The summed E-state index contributed by atoms with van der Waals surface area (Å²) in [4.78, 5) is 0. The number of hydrogen-bond donors (Lipinski definition) is 0. The molecule has 0 radical (unpaired) electrons. The lowest BCUT2D eigenvalue weighted by atomic mass is 9.73. The van der Waals surface area contributed by atoms with Crippen LogP contribution in [0.25, 0.3) is 0 Å². The summed E-state index contributed by atoms with van der Waals surface area (Å²) < 4.78 is 74.7. The molecule has 6 heteroatoms. The smallest absolute Gasteiger partial charge is 0.165 e. The third-order valence-corrected chi connectivity index (χ3v) is 10.2. The van der Waals surface area contributed by atoms with Crippen molar-refractivity contribution in [3.8, 4) is 6.07 Å². The van der Waals surface area contributed by atoms with Gasteiger partial charge in [0.25, 0.3) is 0 Å². The first-order valence-electron chi connectivity index (χ1n) is 14.9. The van der Waals surface area contributed by atoms with E-state index in [9.17, 15) is 8.78 Å². The van der Waals surface area contributed by atoms with Gasteiger partial charge in [-0.3, -0.25) is 0 Å². The second-order valence-corrected chi connectivity index (χ2v) is 12.3. The number of nitriles is 1. The van der Waals surface area contributed by atoms with Gasteiger partial charge in [0.2, 0.25) is 0 Å². The Kier molecular flexibility index (Phi) is 8.64. The SMILES string of the molecule is CCC1CCC(CCC2CCc3c(F)c(C4CCC(c5cc(F)c(C#N)c(F)c5)CC4)c(F)c(F)c3C2)CC1. The first-order chi connectivity index (χ1) is 18.8. The highest BCUT2D eigenvalue weighted by Gasteiger charge is 2.35. The Morgan fingerprint density at radius 1 is 0.692 bits per heavy atom. The summed E-state index contributed by atoms with van der Waals surface area (Å²) >= 11 is 0. The van der Waals surface area contributed by atoms with Crippen LogP contribution in [0, 0.1) is 58.2 Å². The minimum absolute atomic E-state index is 0.145. The highest BCUT2D eigenvalue weighted by Crippen LogP contribution is 2.45. The number of halogens is 5. The van der Waals surface area contributed by atoms with E-state index >= 15 is 13.2 Å². The van der Waals surface area contributed by atoms with Crippen LogP contribution in [0.4, 0.5) is 22.0 Å². The second-order valence-electron chi connectivity index (χ2n) is 12.3. The van der Waals surface area contributed by atoms with Crippen LogP contribution in [0.2, 0.25) is 0 Å². The van der Waals surface area contributed by atoms with E-state index < -0.39 is 40.6 Å². The summed E-state index contributed by atoms with van der Waals surface area (Å²) in [5.74, 6) is -3.11. The molecule has 3 aliphatic rings. The van der Waals surface area contributed by atoms with Gasteiger partial charge in [-0.2, -0.15) is 5.26 Å². The Balaban J connectivity index is 1.24. The first-order valence-corrected chi connectivity index (χ1v) is 14.9. The Labute approximate surface area is 228 Å². The summed E-state index contributed by atoms with van der Waals surface area (Å²) in [5.41, 5.74) is 0.277. The number of nitrogens with zero attached hydrogens (tertiary/aromatic N) is 1. The van der Waals surface area contributed by atoms with Crippen molar-refractivity contribution in [2.24, 2.45) is 17.8 Å². The van der Waals surface area contributed by atoms with Crippen molar-refractivity contribution in [1.29, 1.82) is 5.26 Å². The molecule has 0 amide bonds. The van der Waals surface area contributed by atoms with Gasteiger partial charge < -0.3 is 0 Å². The zero-order valence-electron chi connectivity index (χ0n) is 22.8. The highest BCUT2D eigenvalue weighted by atomic mass is 19.2. The molecule has 5 rings (SSSR count). The maximum Gasteiger partial charge on any atom is 0.165 e. The van der Waals surface area contributed by atoms with Crippen LogP contribution in [-0.4, -0.2) is 0 Å². The third-order valence-electron chi connectivity index (χ3n) is 10.2. The van der Waals surface area contributed by atoms with Crippen molar-refractivity contribution in [3.63, 3.8) is 0 Å². The van der Waals surface area contributed by atoms with Gasteiger partial charge in [0.1, 0.15) is 29.1 Å². The quantitative estimate of drug-likeness (QED) is 0.263. The fourth-order valence-corrected chi connectivity index (χ4v) is 7.64. The van der Waals surface area contributed by atoms with Crippen molar-refractivity contribution in [2.75, 3.05) is 0 Å². The van der Waals surface area contributed by atoms with E-state index in [4.69, 9.17) is 5.26 Å². The molecule has 1 unspecified atom stereocenters. The van der Waals surface area contributed by atoms with Crippen LogP contribution in [0.15, 0.2) is 12.1 Å². The molecule has 1 nitrogen and oxygen atoms in total. The summed E-state index contributed by atoms with van der Waals surface area (Å²) in [6, 6.07) is 3.88. The summed E-state index contributed by atoms with van der Waals surface area (Å²) in [6.07, 6.45) is 11.9. The molecule has 0 bridgehead atoms. The van der Waals surface area contributed by atoms with Gasteiger partial charge in [-0.15, -0.1) is 0 Å². The molecule has 2 fully saturated rings. The zero-order valence-corrected chi connectivity index (χ0v) is 22.8. The minimum Gasteiger partial charge on any atom is -0.206 e. The van der Waals surface area contributed by atoms with Gasteiger partial charge in [0.15, 0.2) is 11.6 Å². The van der Waals surface area contributed by atoms with E-state index in [1.54, 1.807) is 0 Å². The lowest BCUT2D eigenvalue weighted by molar-refractivity contribution is 0.240. The van der Waals surface area contributed by atoms with Crippen LogP contribution in [0.3, 0.4) is 0 Å². The normalized spacial score (nSPS) is 27.2. The van der Waals surface area contributed by atoms with E-state index in [1.165, 1.54) is 50.3 Å². The minimum atomic E-state index is -1.05. The second kappa shape index (κ2) is 12.0. The van der Waals surface area contributed by atoms with Crippen LogP contribution in [-0.2, 0) is 12.8 Å². The van der Waals surface area contributed by atoms with Gasteiger partial charge in [0, 0.05) is 5.56 Å². The number of fused-ring (bicyclic) bond motifs is 1. The largest absolute Gasteiger partial charge is 0.206 e. The molecule has 210 valence electrons. The lowest BCUT2D eigenvalue weighted by Crippen LogP contribution is -2.23. The first kappa shape index (κ1) is 28.1. The van der Waals surface area contributed by atoms with Gasteiger partial charge in [-0.25, -0.2) is 22.0 Å². The average molecular weight is 544 g/mol. The Bertz CT molecular complexity index is 1210. The summed E-state index contributed by atoms with van der Waals surface area (Å²) in [6.45, 7) is 2.26. The van der Waals surface area contributed by atoms with E-state index in [1.807, 2.05) is 0 Å². The topological polar surface area (TPSA) is 23.8 Å².